The zero-order valence-corrected chi connectivity index (χ0v) is 19.3. The molecule has 0 aromatic heterocycles. The van der Waals surface area contributed by atoms with Gasteiger partial charge in [-0.15, -0.1) is 0 Å². The topological polar surface area (TPSA) is 54.0 Å². The van der Waals surface area contributed by atoms with Gasteiger partial charge in [0.15, 0.2) is 0 Å². The van der Waals surface area contributed by atoms with Gasteiger partial charge >= 0.3 is 0 Å². The molecule has 1 rings (SSSR count). The molecule has 1 aliphatic rings. The van der Waals surface area contributed by atoms with Crippen LogP contribution in [0.25, 0.3) is 0 Å². The van der Waals surface area contributed by atoms with Gasteiger partial charge in [0.1, 0.15) is 0 Å². The van der Waals surface area contributed by atoms with Crippen molar-refractivity contribution < 1.29 is 14.3 Å². The standard InChI is InChI=1S/C22H45N3O3/c1-7-9-22(6,8-2)25-13-11-24(12-14-25)15-17-28-19-18-27-16-10-23-20(26)21(3,4)5/h7-19H2,1-6H3,(H,23,26). The van der Waals surface area contributed by atoms with Crippen LogP contribution in [0.1, 0.15) is 60.8 Å². The van der Waals surface area contributed by atoms with Gasteiger partial charge < -0.3 is 14.8 Å². The highest BCUT2D eigenvalue weighted by Crippen LogP contribution is 2.26. The summed E-state index contributed by atoms with van der Waals surface area (Å²) in [5.41, 5.74) is 0.0147. The van der Waals surface area contributed by atoms with Gasteiger partial charge in [0.25, 0.3) is 0 Å². The average Bonchev–Trinajstić information content (AvgIpc) is 2.66. The minimum Gasteiger partial charge on any atom is -0.378 e. The maximum atomic E-state index is 11.7. The third kappa shape index (κ3) is 9.21. The molecule has 0 aromatic rings. The molecule has 0 spiro atoms. The van der Waals surface area contributed by atoms with Crippen molar-refractivity contribution in [2.75, 3.05) is 65.7 Å². The smallest absolute Gasteiger partial charge is 0.225 e. The number of piperazine rings is 1. The monoisotopic (exact) mass is 399 g/mol. The Hall–Kier alpha value is -0.690. The second-order valence-corrected chi connectivity index (χ2v) is 9.16. The summed E-state index contributed by atoms with van der Waals surface area (Å²) in [6, 6.07) is 0. The summed E-state index contributed by atoms with van der Waals surface area (Å²) >= 11 is 0. The molecule has 1 aliphatic heterocycles. The summed E-state index contributed by atoms with van der Waals surface area (Å²) in [7, 11) is 0. The first-order valence-electron chi connectivity index (χ1n) is 11.1. The number of nitrogens with one attached hydrogen (secondary N) is 1. The fourth-order valence-electron chi connectivity index (χ4n) is 3.63. The number of hydrogen-bond donors (Lipinski definition) is 1. The van der Waals surface area contributed by atoms with Crippen LogP contribution in [0.4, 0.5) is 0 Å². The fourth-order valence-corrected chi connectivity index (χ4v) is 3.63. The van der Waals surface area contributed by atoms with E-state index in [1.54, 1.807) is 0 Å². The van der Waals surface area contributed by atoms with E-state index in [1.165, 1.54) is 19.3 Å². The molecule has 0 radical (unpaired) electrons. The summed E-state index contributed by atoms with van der Waals surface area (Å²) in [4.78, 5) is 16.9. The summed E-state index contributed by atoms with van der Waals surface area (Å²) in [5.74, 6) is 0.0568. The zero-order valence-electron chi connectivity index (χ0n) is 19.3. The number of amides is 1. The molecule has 6 heteroatoms. The van der Waals surface area contributed by atoms with Gasteiger partial charge in [-0.05, 0) is 19.8 Å². The normalized spacial score (nSPS) is 18.8. The summed E-state index contributed by atoms with van der Waals surface area (Å²) in [6.45, 7) is 21.3. The largest absolute Gasteiger partial charge is 0.378 e. The maximum absolute atomic E-state index is 11.7. The zero-order chi connectivity index (χ0) is 21.0. The quantitative estimate of drug-likeness (QED) is 0.483. The van der Waals surface area contributed by atoms with Crippen LogP contribution in [0, 0.1) is 5.41 Å². The molecule has 1 N–H and O–H groups in total. The van der Waals surface area contributed by atoms with E-state index < -0.39 is 0 Å². The fraction of sp³-hybridized carbons (Fsp3) is 0.955. The first-order chi connectivity index (χ1) is 13.2. The van der Waals surface area contributed by atoms with Crippen LogP contribution >= 0.6 is 0 Å². The van der Waals surface area contributed by atoms with E-state index >= 15 is 0 Å². The maximum Gasteiger partial charge on any atom is 0.225 e. The van der Waals surface area contributed by atoms with Gasteiger partial charge in [0.2, 0.25) is 5.91 Å². The second-order valence-electron chi connectivity index (χ2n) is 9.16. The summed E-state index contributed by atoms with van der Waals surface area (Å²) in [5, 5.41) is 2.88. The summed E-state index contributed by atoms with van der Waals surface area (Å²) in [6.07, 6.45) is 3.76. The number of carbonyl (C=O) groups excluding carboxylic acids is 1. The third-order valence-corrected chi connectivity index (χ3v) is 5.82. The van der Waals surface area contributed by atoms with Crippen LogP contribution < -0.4 is 5.32 Å². The van der Waals surface area contributed by atoms with Crippen LogP contribution in [0.5, 0.6) is 0 Å². The van der Waals surface area contributed by atoms with E-state index in [1.807, 2.05) is 20.8 Å². The van der Waals surface area contributed by atoms with Crippen molar-refractivity contribution in [2.24, 2.45) is 5.41 Å². The predicted octanol–water partition coefficient (Wildman–Crippen LogP) is 2.77. The molecule has 166 valence electrons. The average molecular weight is 400 g/mol. The van der Waals surface area contributed by atoms with Crippen molar-refractivity contribution in [3.05, 3.63) is 0 Å². The lowest BCUT2D eigenvalue weighted by molar-refractivity contribution is -0.128. The number of rotatable bonds is 13. The first kappa shape index (κ1) is 25.3. The molecule has 1 amide bonds. The minimum atomic E-state index is -0.347. The SMILES string of the molecule is CCCC(C)(CC)N1CCN(CCOCCOCCNC(=O)C(C)(C)C)CC1. The highest BCUT2D eigenvalue weighted by atomic mass is 16.5. The van der Waals surface area contributed by atoms with Gasteiger partial charge in [-0.3, -0.25) is 14.6 Å². The lowest BCUT2D eigenvalue weighted by Crippen LogP contribution is -2.55. The Balaban J connectivity index is 2.02. The molecule has 1 atom stereocenters. The van der Waals surface area contributed by atoms with E-state index in [0.717, 1.165) is 39.3 Å². The molecule has 0 aromatic carbocycles. The Kier molecular flexibility index (Phi) is 11.6. The van der Waals surface area contributed by atoms with Crippen LogP contribution in [0.2, 0.25) is 0 Å². The molecular formula is C22H45N3O3. The van der Waals surface area contributed by atoms with Crippen LogP contribution in [-0.4, -0.2) is 86.9 Å². The number of ether oxygens (including phenoxy) is 2. The van der Waals surface area contributed by atoms with Crippen LogP contribution in [-0.2, 0) is 14.3 Å². The molecular weight excluding hydrogens is 354 g/mol. The lowest BCUT2D eigenvalue weighted by atomic mass is 9.90. The predicted molar refractivity (Wildman–Crippen MR) is 116 cm³/mol. The second kappa shape index (κ2) is 12.8. The van der Waals surface area contributed by atoms with E-state index in [4.69, 9.17) is 9.47 Å². The van der Waals surface area contributed by atoms with Crippen molar-refractivity contribution in [2.45, 2.75) is 66.3 Å². The van der Waals surface area contributed by atoms with Crippen molar-refractivity contribution in [3.63, 3.8) is 0 Å². The molecule has 1 saturated heterocycles. The van der Waals surface area contributed by atoms with Gasteiger partial charge in [0, 0.05) is 50.2 Å². The highest BCUT2D eigenvalue weighted by Gasteiger charge is 2.31. The Morgan fingerprint density at radius 3 is 2.07 bits per heavy atom. The Bertz CT molecular complexity index is 431. The minimum absolute atomic E-state index is 0.0568. The van der Waals surface area contributed by atoms with Gasteiger partial charge in [-0.25, -0.2) is 0 Å². The molecule has 6 nitrogen and oxygen atoms in total. The van der Waals surface area contributed by atoms with Gasteiger partial charge in [-0.1, -0.05) is 41.0 Å². The Morgan fingerprint density at radius 2 is 1.54 bits per heavy atom. The van der Waals surface area contributed by atoms with E-state index in [2.05, 4.69) is 35.9 Å². The van der Waals surface area contributed by atoms with Crippen molar-refractivity contribution >= 4 is 5.91 Å². The van der Waals surface area contributed by atoms with Gasteiger partial charge in [-0.2, -0.15) is 0 Å². The molecule has 0 aliphatic carbocycles. The number of nitrogens with zero attached hydrogens (tertiary/aromatic N) is 2. The van der Waals surface area contributed by atoms with Crippen molar-refractivity contribution in [3.8, 4) is 0 Å². The number of hydrogen-bond acceptors (Lipinski definition) is 5. The number of carbonyl (C=O) groups is 1. The highest BCUT2D eigenvalue weighted by molar-refractivity contribution is 5.81. The molecule has 1 heterocycles. The molecule has 0 bridgehead atoms. The van der Waals surface area contributed by atoms with Crippen LogP contribution in [0.15, 0.2) is 0 Å². The van der Waals surface area contributed by atoms with Crippen LogP contribution in [0.3, 0.4) is 0 Å². The molecule has 28 heavy (non-hydrogen) atoms. The molecule has 1 unspecified atom stereocenters. The van der Waals surface area contributed by atoms with E-state index in [9.17, 15) is 4.79 Å². The van der Waals surface area contributed by atoms with Gasteiger partial charge in [0.05, 0.1) is 26.4 Å². The summed E-state index contributed by atoms with van der Waals surface area (Å²) < 4.78 is 11.2. The molecule has 1 fully saturated rings. The Morgan fingerprint density at radius 1 is 0.929 bits per heavy atom. The third-order valence-electron chi connectivity index (χ3n) is 5.82. The first-order valence-corrected chi connectivity index (χ1v) is 11.1. The van der Waals surface area contributed by atoms with Crippen molar-refractivity contribution in [1.82, 2.24) is 15.1 Å². The molecule has 0 saturated carbocycles. The van der Waals surface area contributed by atoms with E-state index in [-0.39, 0.29) is 11.3 Å². The van der Waals surface area contributed by atoms with Crippen molar-refractivity contribution in [1.29, 1.82) is 0 Å². The van der Waals surface area contributed by atoms with E-state index in [0.29, 0.717) is 31.9 Å². The Labute approximate surface area is 173 Å². The lowest BCUT2D eigenvalue weighted by Gasteiger charge is -2.46.